The second-order valence-corrected chi connectivity index (χ2v) is 7.38. The maximum absolute atomic E-state index is 12.3. The molecule has 2 N–H and O–H groups in total. The van der Waals surface area contributed by atoms with Crippen LogP contribution in [0, 0.1) is 5.41 Å². The standard InChI is InChI=1S/C13H22N4O3S/c1-5-20-11-6-10(13(11,2)3)17-21(18,19)9-7-15-12(14-4)16-8-9/h7-8,10-11,17H,5-6H2,1-4H3,(H,14,15,16). The van der Waals surface area contributed by atoms with Crippen molar-refractivity contribution in [2.24, 2.45) is 5.41 Å². The molecule has 1 fully saturated rings. The van der Waals surface area contributed by atoms with Gasteiger partial charge in [-0.1, -0.05) is 13.8 Å². The van der Waals surface area contributed by atoms with E-state index in [4.69, 9.17) is 4.74 Å². The van der Waals surface area contributed by atoms with Gasteiger partial charge in [-0.25, -0.2) is 23.1 Å². The van der Waals surface area contributed by atoms with Crippen LogP contribution in [0.5, 0.6) is 0 Å². The molecule has 2 rings (SSSR count). The highest BCUT2D eigenvalue weighted by atomic mass is 32.2. The summed E-state index contributed by atoms with van der Waals surface area (Å²) < 4.78 is 33.0. The lowest BCUT2D eigenvalue weighted by Gasteiger charge is -2.51. The van der Waals surface area contributed by atoms with Gasteiger partial charge in [-0.3, -0.25) is 0 Å². The summed E-state index contributed by atoms with van der Waals surface area (Å²) in [4.78, 5) is 7.93. The third kappa shape index (κ3) is 3.17. The number of nitrogens with zero attached hydrogens (tertiary/aromatic N) is 2. The second-order valence-electron chi connectivity index (χ2n) is 5.67. The number of sulfonamides is 1. The van der Waals surface area contributed by atoms with Crippen molar-refractivity contribution in [3.63, 3.8) is 0 Å². The number of aromatic nitrogens is 2. The zero-order chi connectivity index (χ0) is 15.7. The van der Waals surface area contributed by atoms with Crippen LogP contribution in [0.4, 0.5) is 5.95 Å². The highest BCUT2D eigenvalue weighted by Gasteiger charge is 2.50. The summed E-state index contributed by atoms with van der Waals surface area (Å²) in [6.07, 6.45) is 3.35. The lowest BCUT2D eigenvalue weighted by Crippen LogP contribution is -2.61. The summed E-state index contributed by atoms with van der Waals surface area (Å²) in [7, 11) is -1.94. The van der Waals surface area contributed by atoms with E-state index >= 15 is 0 Å². The number of ether oxygens (including phenoxy) is 1. The molecular weight excluding hydrogens is 292 g/mol. The molecule has 1 heterocycles. The Bertz CT molecular complexity index is 586. The molecule has 0 aliphatic heterocycles. The molecule has 0 bridgehead atoms. The molecule has 1 aliphatic rings. The summed E-state index contributed by atoms with van der Waals surface area (Å²) >= 11 is 0. The van der Waals surface area contributed by atoms with Crippen LogP contribution < -0.4 is 10.0 Å². The highest BCUT2D eigenvalue weighted by molar-refractivity contribution is 7.89. The van der Waals surface area contributed by atoms with Gasteiger partial charge in [0, 0.05) is 25.1 Å². The lowest BCUT2D eigenvalue weighted by atomic mass is 9.65. The van der Waals surface area contributed by atoms with Crippen molar-refractivity contribution in [3.8, 4) is 0 Å². The van der Waals surface area contributed by atoms with Crippen LogP contribution in [0.25, 0.3) is 0 Å². The summed E-state index contributed by atoms with van der Waals surface area (Å²) in [6, 6.07) is -0.150. The Morgan fingerprint density at radius 1 is 1.38 bits per heavy atom. The summed E-state index contributed by atoms with van der Waals surface area (Å²) in [5.74, 6) is 0.384. The van der Waals surface area contributed by atoms with Crippen LogP contribution in [-0.2, 0) is 14.8 Å². The Labute approximate surface area is 125 Å². The minimum absolute atomic E-state index is 0.0668. The molecule has 2 atom stereocenters. The quantitative estimate of drug-likeness (QED) is 0.813. The molecule has 0 saturated heterocycles. The van der Waals surface area contributed by atoms with Crippen molar-refractivity contribution in [2.75, 3.05) is 19.0 Å². The van der Waals surface area contributed by atoms with Crippen LogP contribution in [0.2, 0.25) is 0 Å². The first-order chi connectivity index (χ1) is 9.81. The van der Waals surface area contributed by atoms with Crippen LogP contribution in [0.3, 0.4) is 0 Å². The van der Waals surface area contributed by atoms with E-state index in [2.05, 4.69) is 20.0 Å². The lowest BCUT2D eigenvalue weighted by molar-refractivity contribution is -0.108. The van der Waals surface area contributed by atoms with Gasteiger partial charge in [0.2, 0.25) is 16.0 Å². The van der Waals surface area contributed by atoms with E-state index in [1.807, 2.05) is 20.8 Å². The number of rotatable bonds is 6. The van der Waals surface area contributed by atoms with Crippen molar-refractivity contribution < 1.29 is 13.2 Å². The minimum atomic E-state index is -3.61. The first-order valence-electron chi connectivity index (χ1n) is 6.95. The summed E-state index contributed by atoms with van der Waals surface area (Å²) in [6.45, 7) is 6.58. The fourth-order valence-corrected chi connectivity index (χ4v) is 3.70. The molecule has 0 amide bonds. The second kappa shape index (κ2) is 5.86. The zero-order valence-electron chi connectivity index (χ0n) is 12.8. The molecule has 1 aromatic heterocycles. The van der Waals surface area contributed by atoms with Crippen LogP contribution >= 0.6 is 0 Å². The minimum Gasteiger partial charge on any atom is -0.378 e. The Morgan fingerprint density at radius 3 is 2.48 bits per heavy atom. The van der Waals surface area contributed by atoms with Gasteiger partial charge < -0.3 is 10.1 Å². The Hall–Kier alpha value is -1.25. The van der Waals surface area contributed by atoms with Crippen molar-refractivity contribution in [3.05, 3.63) is 12.4 Å². The molecule has 8 heteroatoms. The van der Waals surface area contributed by atoms with Crippen molar-refractivity contribution >= 4 is 16.0 Å². The largest absolute Gasteiger partial charge is 0.378 e. The highest BCUT2D eigenvalue weighted by Crippen LogP contribution is 2.43. The number of nitrogens with one attached hydrogen (secondary N) is 2. The van der Waals surface area contributed by atoms with E-state index in [0.717, 1.165) is 0 Å². The van der Waals surface area contributed by atoms with Gasteiger partial charge in [-0.15, -0.1) is 0 Å². The zero-order valence-corrected chi connectivity index (χ0v) is 13.6. The SMILES string of the molecule is CCOC1CC(NS(=O)(=O)c2cnc(NC)nc2)C1(C)C. The van der Waals surface area contributed by atoms with Gasteiger partial charge in [-0.2, -0.15) is 0 Å². The first-order valence-corrected chi connectivity index (χ1v) is 8.43. The van der Waals surface area contributed by atoms with E-state index in [-0.39, 0.29) is 22.5 Å². The van der Waals surface area contributed by atoms with E-state index in [9.17, 15) is 8.42 Å². The van der Waals surface area contributed by atoms with Crippen molar-refractivity contribution in [1.29, 1.82) is 0 Å². The van der Waals surface area contributed by atoms with Gasteiger partial charge in [0.05, 0.1) is 18.5 Å². The molecule has 0 spiro atoms. The number of hydrogen-bond acceptors (Lipinski definition) is 6. The Balaban J connectivity index is 2.08. The molecular formula is C13H22N4O3S. The Kier molecular flexibility index (Phi) is 4.50. The fraction of sp³-hybridized carbons (Fsp3) is 0.692. The summed E-state index contributed by atoms with van der Waals surface area (Å²) in [5, 5.41) is 2.75. The van der Waals surface area contributed by atoms with E-state index in [0.29, 0.717) is 19.0 Å². The Morgan fingerprint density at radius 2 is 2.00 bits per heavy atom. The molecule has 21 heavy (non-hydrogen) atoms. The fourth-order valence-electron chi connectivity index (χ4n) is 2.41. The summed E-state index contributed by atoms with van der Waals surface area (Å²) in [5.41, 5.74) is -0.227. The van der Waals surface area contributed by atoms with Gasteiger partial charge in [0.25, 0.3) is 0 Å². The van der Waals surface area contributed by atoms with Crippen molar-refractivity contribution in [2.45, 2.75) is 44.2 Å². The number of hydrogen-bond donors (Lipinski definition) is 2. The molecule has 0 radical (unpaired) electrons. The normalized spacial score (nSPS) is 24.4. The molecule has 2 unspecified atom stereocenters. The van der Waals surface area contributed by atoms with Gasteiger partial charge in [-0.05, 0) is 13.3 Å². The smallest absolute Gasteiger partial charge is 0.243 e. The van der Waals surface area contributed by atoms with Crippen molar-refractivity contribution in [1.82, 2.24) is 14.7 Å². The average Bonchev–Trinajstić information content (AvgIpc) is 2.46. The number of anilines is 1. The van der Waals surface area contributed by atoms with Gasteiger partial charge >= 0.3 is 0 Å². The molecule has 7 nitrogen and oxygen atoms in total. The molecule has 118 valence electrons. The first kappa shape index (κ1) is 16.1. The third-order valence-corrected chi connectivity index (χ3v) is 5.43. The van der Waals surface area contributed by atoms with Crippen LogP contribution in [0.1, 0.15) is 27.2 Å². The predicted octanol–water partition coefficient (Wildman–Crippen LogP) is 1.00. The molecule has 1 aliphatic carbocycles. The third-order valence-electron chi connectivity index (χ3n) is 4.01. The van der Waals surface area contributed by atoms with E-state index in [1.165, 1.54) is 12.4 Å². The van der Waals surface area contributed by atoms with Gasteiger partial charge in [0.15, 0.2) is 0 Å². The molecule has 0 aromatic carbocycles. The topological polar surface area (TPSA) is 93.2 Å². The molecule has 1 saturated carbocycles. The predicted molar refractivity (Wildman–Crippen MR) is 79.5 cm³/mol. The van der Waals surface area contributed by atoms with Gasteiger partial charge in [0.1, 0.15) is 4.90 Å². The van der Waals surface area contributed by atoms with Crippen LogP contribution in [-0.4, -0.2) is 44.2 Å². The average molecular weight is 314 g/mol. The van der Waals surface area contributed by atoms with Crippen LogP contribution in [0.15, 0.2) is 17.3 Å². The van der Waals surface area contributed by atoms with E-state index < -0.39 is 10.0 Å². The monoisotopic (exact) mass is 314 g/mol. The maximum atomic E-state index is 12.3. The maximum Gasteiger partial charge on any atom is 0.243 e. The van der Waals surface area contributed by atoms with E-state index in [1.54, 1.807) is 7.05 Å². The molecule has 1 aromatic rings.